The van der Waals surface area contributed by atoms with Crippen LogP contribution in [0, 0.1) is 0 Å². The molecule has 204 valence electrons. The van der Waals surface area contributed by atoms with Crippen molar-refractivity contribution in [2.75, 3.05) is 19.5 Å². The van der Waals surface area contributed by atoms with Gasteiger partial charge in [0, 0.05) is 22.5 Å². The van der Waals surface area contributed by atoms with Crippen LogP contribution in [0.5, 0.6) is 11.5 Å². The van der Waals surface area contributed by atoms with Crippen molar-refractivity contribution in [1.29, 1.82) is 0 Å². The fraction of sp³-hybridized carbons (Fsp3) is 0.172. The molecule has 0 bridgehead atoms. The second kappa shape index (κ2) is 12.2. The molecule has 40 heavy (non-hydrogen) atoms. The molecule has 3 aromatic carbocycles. The number of hydrogen-bond acceptors (Lipinski definition) is 7. The van der Waals surface area contributed by atoms with Crippen LogP contribution < -0.4 is 14.8 Å². The first kappa shape index (κ1) is 27.2. The van der Waals surface area contributed by atoms with Gasteiger partial charge in [0.1, 0.15) is 29.6 Å². The van der Waals surface area contributed by atoms with Gasteiger partial charge in [0.2, 0.25) is 5.91 Å². The molecule has 1 N–H and O–H groups in total. The van der Waals surface area contributed by atoms with E-state index in [2.05, 4.69) is 15.6 Å². The number of carbonyl (C=O) groups excluding carboxylic acids is 2. The minimum Gasteiger partial charge on any atom is -0.497 e. The number of benzene rings is 3. The standard InChI is InChI=1S/C29H26ClN5O4S/c1-38-21-13-14-23(25(16-21)39-2)31-29(37)28(26-8-5-15-40-26)34(17-19-9-11-20(30)12-10-19)27(36)18-35-24-7-4-3-6-22(24)32-33-35/h3-16,28H,17-18H2,1-2H3,(H,31,37). The molecule has 0 aliphatic carbocycles. The number of amides is 2. The summed E-state index contributed by atoms with van der Waals surface area (Å²) in [7, 11) is 3.07. The highest BCUT2D eigenvalue weighted by molar-refractivity contribution is 7.10. The summed E-state index contributed by atoms with van der Waals surface area (Å²) in [5.41, 5.74) is 2.68. The number of thiophene rings is 1. The van der Waals surface area contributed by atoms with E-state index in [0.29, 0.717) is 32.6 Å². The first-order chi connectivity index (χ1) is 19.5. The maximum atomic E-state index is 14.0. The Balaban J connectivity index is 1.52. The van der Waals surface area contributed by atoms with Crippen LogP contribution in [0.3, 0.4) is 0 Å². The first-order valence-corrected chi connectivity index (χ1v) is 13.6. The fourth-order valence-electron chi connectivity index (χ4n) is 4.34. The van der Waals surface area contributed by atoms with Crippen LogP contribution in [0.2, 0.25) is 5.02 Å². The lowest BCUT2D eigenvalue weighted by Gasteiger charge is -2.31. The predicted molar refractivity (Wildman–Crippen MR) is 155 cm³/mol. The van der Waals surface area contributed by atoms with Crippen LogP contribution >= 0.6 is 22.9 Å². The molecular weight excluding hydrogens is 550 g/mol. The SMILES string of the molecule is COc1ccc(NC(=O)C(c2cccs2)N(Cc2ccc(Cl)cc2)C(=O)Cn2nnc3ccccc32)c(OC)c1. The van der Waals surface area contributed by atoms with E-state index in [0.717, 1.165) is 11.1 Å². The molecule has 0 saturated carbocycles. The number of methoxy groups -OCH3 is 2. The van der Waals surface area contributed by atoms with Crippen molar-refractivity contribution >= 4 is 51.5 Å². The second-order valence-electron chi connectivity index (χ2n) is 8.86. The number of anilines is 1. The minimum atomic E-state index is -0.940. The number of para-hydroxylation sites is 1. The average molecular weight is 576 g/mol. The third kappa shape index (κ3) is 5.93. The molecule has 0 aliphatic rings. The minimum absolute atomic E-state index is 0.102. The quantitative estimate of drug-likeness (QED) is 0.234. The van der Waals surface area contributed by atoms with Gasteiger partial charge in [0.15, 0.2) is 0 Å². The van der Waals surface area contributed by atoms with Gasteiger partial charge < -0.3 is 19.7 Å². The van der Waals surface area contributed by atoms with Gasteiger partial charge in [-0.2, -0.15) is 0 Å². The zero-order valence-electron chi connectivity index (χ0n) is 21.8. The van der Waals surface area contributed by atoms with Crippen LogP contribution in [0.25, 0.3) is 11.0 Å². The Morgan fingerprint density at radius 2 is 1.82 bits per heavy atom. The summed E-state index contributed by atoms with van der Waals surface area (Å²) in [6.07, 6.45) is 0. The highest BCUT2D eigenvalue weighted by atomic mass is 35.5. The van der Waals surface area contributed by atoms with Crippen molar-refractivity contribution in [3.63, 3.8) is 0 Å². The first-order valence-electron chi connectivity index (χ1n) is 12.3. The number of rotatable bonds is 10. The Morgan fingerprint density at radius 1 is 1.02 bits per heavy atom. The molecule has 5 rings (SSSR count). The lowest BCUT2D eigenvalue weighted by molar-refractivity contribution is -0.140. The second-order valence-corrected chi connectivity index (χ2v) is 10.3. The van der Waals surface area contributed by atoms with Gasteiger partial charge >= 0.3 is 0 Å². The number of halogens is 1. The number of hydrogen-bond donors (Lipinski definition) is 1. The van der Waals surface area contributed by atoms with E-state index >= 15 is 0 Å². The van der Waals surface area contributed by atoms with E-state index in [1.54, 1.807) is 47.0 Å². The number of aromatic nitrogens is 3. The number of carbonyl (C=O) groups is 2. The lowest BCUT2D eigenvalue weighted by Crippen LogP contribution is -2.42. The van der Waals surface area contributed by atoms with Gasteiger partial charge in [0.05, 0.1) is 25.4 Å². The number of fused-ring (bicyclic) bond motifs is 1. The molecule has 0 aliphatic heterocycles. The molecule has 2 heterocycles. The van der Waals surface area contributed by atoms with Crippen molar-refractivity contribution in [2.45, 2.75) is 19.1 Å². The molecule has 2 amide bonds. The Kier molecular flexibility index (Phi) is 8.28. The normalized spacial score (nSPS) is 11.7. The molecule has 0 radical (unpaired) electrons. The maximum absolute atomic E-state index is 14.0. The van der Waals surface area contributed by atoms with Crippen molar-refractivity contribution in [2.24, 2.45) is 0 Å². The third-order valence-corrected chi connectivity index (χ3v) is 7.51. The zero-order valence-corrected chi connectivity index (χ0v) is 23.4. The summed E-state index contributed by atoms with van der Waals surface area (Å²) in [6.45, 7) is 0.0630. The topological polar surface area (TPSA) is 98.6 Å². The van der Waals surface area contributed by atoms with Gasteiger partial charge in [-0.1, -0.05) is 47.1 Å². The van der Waals surface area contributed by atoms with Crippen molar-refractivity contribution in [3.8, 4) is 11.5 Å². The van der Waals surface area contributed by atoms with Crippen molar-refractivity contribution in [3.05, 3.63) is 99.7 Å². The van der Waals surface area contributed by atoms with E-state index in [9.17, 15) is 9.59 Å². The molecule has 2 aromatic heterocycles. The fourth-order valence-corrected chi connectivity index (χ4v) is 5.30. The molecular formula is C29H26ClN5O4S. The van der Waals surface area contributed by atoms with Crippen LogP contribution in [0.4, 0.5) is 5.69 Å². The van der Waals surface area contributed by atoms with Crippen molar-refractivity contribution < 1.29 is 19.1 Å². The van der Waals surface area contributed by atoms with Crippen molar-refractivity contribution in [1.82, 2.24) is 19.9 Å². The average Bonchev–Trinajstić information content (AvgIpc) is 3.65. The Labute approximate surface area is 239 Å². The van der Waals surface area contributed by atoms with Gasteiger partial charge in [-0.25, -0.2) is 4.68 Å². The molecule has 9 nitrogen and oxygen atoms in total. The molecule has 1 unspecified atom stereocenters. The summed E-state index contributed by atoms with van der Waals surface area (Å²) in [5.74, 6) is 0.323. The van der Waals surface area contributed by atoms with Gasteiger partial charge in [0.25, 0.3) is 5.91 Å². The highest BCUT2D eigenvalue weighted by Gasteiger charge is 2.33. The van der Waals surface area contributed by atoms with Gasteiger partial charge in [-0.3, -0.25) is 9.59 Å². The predicted octanol–water partition coefficient (Wildman–Crippen LogP) is 5.57. The molecule has 11 heteroatoms. The summed E-state index contributed by atoms with van der Waals surface area (Å²) < 4.78 is 12.3. The molecule has 5 aromatic rings. The summed E-state index contributed by atoms with van der Waals surface area (Å²) in [5, 5.41) is 13.8. The highest BCUT2D eigenvalue weighted by Crippen LogP contribution is 2.33. The van der Waals surface area contributed by atoms with E-state index in [1.807, 2.05) is 53.9 Å². The van der Waals surface area contributed by atoms with Gasteiger partial charge in [-0.15, -0.1) is 16.4 Å². The Morgan fingerprint density at radius 3 is 2.55 bits per heavy atom. The lowest BCUT2D eigenvalue weighted by atomic mass is 10.1. The number of ether oxygens (including phenoxy) is 2. The van der Waals surface area contributed by atoms with E-state index in [1.165, 1.54) is 18.4 Å². The summed E-state index contributed by atoms with van der Waals surface area (Å²) in [4.78, 5) is 30.3. The van der Waals surface area contributed by atoms with E-state index in [-0.39, 0.29) is 19.0 Å². The van der Waals surface area contributed by atoms with E-state index < -0.39 is 11.9 Å². The largest absolute Gasteiger partial charge is 0.497 e. The van der Waals surface area contributed by atoms with Crippen LogP contribution in [0.15, 0.2) is 84.2 Å². The summed E-state index contributed by atoms with van der Waals surface area (Å²) in [6, 6.07) is 22.5. The molecule has 0 fully saturated rings. The smallest absolute Gasteiger partial charge is 0.252 e. The van der Waals surface area contributed by atoms with Crippen LogP contribution in [0.1, 0.15) is 16.5 Å². The van der Waals surface area contributed by atoms with Crippen LogP contribution in [-0.4, -0.2) is 45.9 Å². The molecule has 0 saturated heterocycles. The zero-order chi connectivity index (χ0) is 28.1. The number of nitrogens with one attached hydrogen (secondary N) is 1. The molecule has 1 atom stereocenters. The maximum Gasteiger partial charge on any atom is 0.252 e. The molecule has 0 spiro atoms. The number of nitrogens with zero attached hydrogens (tertiary/aromatic N) is 4. The Bertz CT molecular complexity index is 1620. The monoisotopic (exact) mass is 575 g/mol. The summed E-state index contributed by atoms with van der Waals surface area (Å²) >= 11 is 7.51. The third-order valence-electron chi connectivity index (χ3n) is 6.33. The van der Waals surface area contributed by atoms with Gasteiger partial charge in [-0.05, 0) is 53.4 Å². The Hall–Kier alpha value is -4.41. The van der Waals surface area contributed by atoms with E-state index in [4.69, 9.17) is 21.1 Å². The van der Waals surface area contributed by atoms with Crippen LogP contribution in [-0.2, 0) is 22.7 Å².